The number of hydrogen-bond acceptors (Lipinski definition) is 7. The average Bonchev–Trinajstić information content (AvgIpc) is 3.11. The molecule has 1 fully saturated rings. The molecule has 2 aliphatic rings. The highest BCUT2D eigenvalue weighted by Crippen LogP contribution is 2.43. The first-order valence-electron chi connectivity index (χ1n) is 10.9. The lowest BCUT2D eigenvalue weighted by molar-refractivity contribution is -0.0396. The molecular weight excluding hydrogens is 424 g/mol. The van der Waals surface area contributed by atoms with Crippen LogP contribution < -0.4 is 16.0 Å². The van der Waals surface area contributed by atoms with Gasteiger partial charge in [0.15, 0.2) is 0 Å². The predicted octanol–water partition coefficient (Wildman–Crippen LogP) is 4.13. The van der Waals surface area contributed by atoms with Crippen LogP contribution in [0.4, 0.5) is 17.2 Å². The number of nitrogen functional groups attached to an aromatic ring is 1. The first kappa shape index (κ1) is 21.2. The molecular formula is C24H28N4O3S. The van der Waals surface area contributed by atoms with E-state index in [4.69, 9.17) is 20.2 Å². The van der Waals surface area contributed by atoms with E-state index in [0.29, 0.717) is 30.4 Å². The van der Waals surface area contributed by atoms with Gasteiger partial charge < -0.3 is 25.4 Å². The van der Waals surface area contributed by atoms with Gasteiger partial charge >= 0.3 is 0 Å². The van der Waals surface area contributed by atoms with Crippen molar-refractivity contribution in [2.24, 2.45) is 0 Å². The third kappa shape index (κ3) is 3.72. The van der Waals surface area contributed by atoms with Crippen LogP contribution in [0.3, 0.4) is 0 Å². The molecule has 5 rings (SSSR count). The number of nitrogens with one attached hydrogen (secondary N) is 1. The van der Waals surface area contributed by atoms with Crippen molar-refractivity contribution >= 4 is 44.7 Å². The van der Waals surface area contributed by atoms with Crippen LogP contribution in [-0.4, -0.2) is 42.8 Å². The second-order valence-electron chi connectivity index (χ2n) is 9.01. The first-order chi connectivity index (χ1) is 15.3. The predicted molar refractivity (Wildman–Crippen MR) is 129 cm³/mol. The Balaban J connectivity index is 1.62. The van der Waals surface area contributed by atoms with E-state index in [1.54, 1.807) is 0 Å². The third-order valence-electron chi connectivity index (χ3n) is 6.19. The number of fused-ring (bicyclic) bond motifs is 3. The van der Waals surface area contributed by atoms with Crippen LogP contribution in [0.2, 0.25) is 0 Å². The van der Waals surface area contributed by atoms with Crippen LogP contribution in [0.5, 0.6) is 0 Å². The molecule has 0 bridgehead atoms. The molecule has 2 aliphatic heterocycles. The zero-order valence-electron chi connectivity index (χ0n) is 18.7. The van der Waals surface area contributed by atoms with E-state index < -0.39 is 0 Å². The highest BCUT2D eigenvalue weighted by atomic mass is 32.1. The van der Waals surface area contributed by atoms with Crippen LogP contribution in [0, 0.1) is 6.92 Å². The van der Waals surface area contributed by atoms with E-state index >= 15 is 0 Å². The monoisotopic (exact) mass is 452 g/mol. The highest BCUT2D eigenvalue weighted by Gasteiger charge is 2.34. The van der Waals surface area contributed by atoms with Gasteiger partial charge in [0.25, 0.3) is 5.91 Å². The van der Waals surface area contributed by atoms with E-state index in [0.717, 1.165) is 57.9 Å². The Kier molecular flexibility index (Phi) is 5.31. The minimum atomic E-state index is -0.304. The molecule has 0 aliphatic carbocycles. The summed E-state index contributed by atoms with van der Waals surface area (Å²) in [5.74, 6) is 0.728. The summed E-state index contributed by atoms with van der Waals surface area (Å²) in [5.41, 5.74) is 10.8. The van der Waals surface area contributed by atoms with Crippen molar-refractivity contribution in [3.8, 4) is 0 Å². The van der Waals surface area contributed by atoms with Crippen molar-refractivity contribution in [1.82, 2.24) is 4.98 Å². The highest BCUT2D eigenvalue weighted by molar-refractivity contribution is 7.21. The van der Waals surface area contributed by atoms with Crippen LogP contribution in [0.1, 0.15) is 40.2 Å². The Morgan fingerprint density at radius 3 is 2.72 bits per heavy atom. The molecule has 3 aromatic rings. The molecule has 4 heterocycles. The molecule has 3 N–H and O–H groups in total. The van der Waals surface area contributed by atoms with Crippen LogP contribution >= 0.6 is 11.3 Å². The number of hydrogen-bond donors (Lipinski definition) is 2. The topological polar surface area (TPSA) is 89.7 Å². The molecule has 0 saturated carbocycles. The van der Waals surface area contributed by atoms with Gasteiger partial charge in [-0.15, -0.1) is 11.3 Å². The molecule has 32 heavy (non-hydrogen) atoms. The van der Waals surface area contributed by atoms with Gasteiger partial charge in [0.1, 0.15) is 15.5 Å². The summed E-state index contributed by atoms with van der Waals surface area (Å²) in [7, 11) is 0. The molecule has 0 unspecified atom stereocenters. The molecule has 7 nitrogen and oxygen atoms in total. The fourth-order valence-electron chi connectivity index (χ4n) is 4.44. The number of aryl methyl sites for hydroxylation is 1. The number of nitrogens with two attached hydrogens (primary N) is 1. The van der Waals surface area contributed by atoms with Gasteiger partial charge in [-0.3, -0.25) is 4.79 Å². The molecule has 0 spiro atoms. The molecule has 1 saturated heterocycles. The molecule has 1 amide bonds. The van der Waals surface area contributed by atoms with Gasteiger partial charge in [0, 0.05) is 36.1 Å². The van der Waals surface area contributed by atoms with E-state index in [2.05, 4.69) is 24.1 Å². The fourth-order valence-corrected chi connectivity index (χ4v) is 5.46. The molecule has 168 valence electrons. The Labute approximate surface area is 191 Å². The number of aromatic nitrogens is 1. The van der Waals surface area contributed by atoms with Gasteiger partial charge in [-0.1, -0.05) is 18.2 Å². The number of carbonyl (C=O) groups is 1. The number of carbonyl (C=O) groups excluding carboxylic acids is 1. The number of pyridine rings is 1. The second-order valence-corrected chi connectivity index (χ2v) is 10.0. The molecule has 1 aromatic carbocycles. The summed E-state index contributed by atoms with van der Waals surface area (Å²) < 4.78 is 11.7. The molecule has 2 aromatic heterocycles. The number of thiophene rings is 1. The van der Waals surface area contributed by atoms with Crippen molar-refractivity contribution in [1.29, 1.82) is 0 Å². The number of ether oxygens (including phenoxy) is 2. The van der Waals surface area contributed by atoms with Crippen molar-refractivity contribution in [3.63, 3.8) is 0 Å². The average molecular weight is 453 g/mol. The molecule has 0 radical (unpaired) electrons. The lowest BCUT2D eigenvalue weighted by Crippen LogP contribution is -2.39. The van der Waals surface area contributed by atoms with Crippen LogP contribution in [0.25, 0.3) is 10.2 Å². The van der Waals surface area contributed by atoms with Gasteiger partial charge in [-0.2, -0.15) is 0 Å². The third-order valence-corrected chi connectivity index (χ3v) is 7.29. The second kappa shape index (κ2) is 8.03. The number of anilines is 3. The summed E-state index contributed by atoms with van der Waals surface area (Å²) in [6.07, 6.45) is 0.721. The number of rotatable bonds is 3. The Bertz CT molecular complexity index is 1200. The number of nitrogens with zero attached hydrogens (tertiary/aromatic N) is 2. The number of amides is 1. The summed E-state index contributed by atoms with van der Waals surface area (Å²) in [6.45, 7) is 9.56. The van der Waals surface area contributed by atoms with Gasteiger partial charge in [-0.25, -0.2) is 4.98 Å². The Hall–Kier alpha value is -2.68. The minimum Gasteiger partial charge on any atom is -0.397 e. The number of benzene rings is 1. The van der Waals surface area contributed by atoms with Crippen molar-refractivity contribution in [3.05, 3.63) is 45.8 Å². The lowest BCUT2D eigenvalue weighted by atomic mass is 9.89. The van der Waals surface area contributed by atoms with E-state index in [1.807, 2.05) is 31.2 Å². The van der Waals surface area contributed by atoms with Crippen molar-refractivity contribution in [2.45, 2.75) is 39.4 Å². The van der Waals surface area contributed by atoms with E-state index in [-0.39, 0.29) is 11.5 Å². The Morgan fingerprint density at radius 1 is 1.22 bits per heavy atom. The van der Waals surface area contributed by atoms with E-state index in [9.17, 15) is 4.79 Å². The van der Waals surface area contributed by atoms with Crippen molar-refractivity contribution < 1.29 is 14.3 Å². The maximum absolute atomic E-state index is 13.2. The summed E-state index contributed by atoms with van der Waals surface area (Å²) in [5, 5.41) is 3.91. The standard InChI is InChI=1S/C24H28N4O3S/c1-14-6-4-5-7-17(14)26-22(29)20-19(25)18-15-12-24(2,3)31-13-16(15)21(27-23(18)32-20)28-8-10-30-11-9-28/h4-7H,8-13,25H2,1-3H3,(H,26,29). The summed E-state index contributed by atoms with van der Waals surface area (Å²) in [4.78, 5) is 21.7. The zero-order valence-corrected chi connectivity index (χ0v) is 19.5. The summed E-state index contributed by atoms with van der Waals surface area (Å²) in [6, 6.07) is 7.73. The Morgan fingerprint density at radius 2 is 1.97 bits per heavy atom. The zero-order chi connectivity index (χ0) is 22.5. The molecule has 8 heteroatoms. The maximum atomic E-state index is 13.2. The normalized spacial score (nSPS) is 17.9. The first-order valence-corrected chi connectivity index (χ1v) is 11.7. The largest absolute Gasteiger partial charge is 0.397 e. The van der Waals surface area contributed by atoms with Crippen LogP contribution in [0.15, 0.2) is 24.3 Å². The van der Waals surface area contributed by atoms with Gasteiger partial charge in [0.05, 0.1) is 31.1 Å². The van der Waals surface area contributed by atoms with Gasteiger partial charge in [0.2, 0.25) is 0 Å². The van der Waals surface area contributed by atoms with Crippen molar-refractivity contribution in [2.75, 3.05) is 42.3 Å². The van der Waals surface area contributed by atoms with E-state index in [1.165, 1.54) is 11.3 Å². The smallest absolute Gasteiger partial charge is 0.267 e. The number of morpholine rings is 1. The lowest BCUT2D eigenvalue weighted by Gasteiger charge is -2.36. The summed E-state index contributed by atoms with van der Waals surface area (Å²) >= 11 is 1.36. The maximum Gasteiger partial charge on any atom is 0.267 e. The number of para-hydroxylation sites is 1. The minimum absolute atomic E-state index is 0.201. The fraction of sp³-hybridized carbons (Fsp3) is 0.417. The SMILES string of the molecule is Cc1ccccc1NC(=O)c1sc2nc(N3CCOCC3)c3c(c2c1N)CC(C)(C)OC3. The van der Waals surface area contributed by atoms with Gasteiger partial charge in [-0.05, 0) is 38.0 Å². The van der Waals surface area contributed by atoms with Crippen LogP contribution in [-0.2, 0) is 22.5 Å². The quantitative estimate of drug-likeness (QED) is 0.621. The molecule has 0 atom stereocenters.